The molecule has 0 amide bonds. The molecule has 0 aliphatic heterocycles. The van der Waals surface area contributed by atoms with Crippen molar-refractivity contribution < 1.29 is 13.5 Å². The molecule has 0 spiro atoms. The van der Waals surface area contributed by atoms with Crippen LogP contribution in [-0.2, 0) is 11.5 Å². The zero-order valence-corrected chi connectivity index (χ0v) is 16.5. The maximum atomic E-state index is 13.5. The van der Waals surface area contributed by atoms with Crippen molar-refractivity contribution in [3.8, 4) is 11.3 Å². The first-order valence-electron chi connectivity index (χ1n) is 7.52. The maximum absolute atomic E-state index is 13.5. The van der Waals surface area contributed by atoms with Gasteiger partial charge < -0.3 is 10.1 Å². The smallest absolute Gasteiger partial charge is 0.159 e. The Labute approximate surface area is 149 Å². The molecule has 0 aliphatic rings. The molecular weight excluding hydrogens is 396 g/mol. The van der Waals surface area contributed by atoms with Crippen molar-refractivity contribution in [3.05, 3.63) is 40.0 Å². The second-order valence-corrected chi connectivity index (χ2v) is 13.2. The summed E-state index contributed by atoms with van der Waals surface area (Å²) < 4.78 is 34.4. The molecule has 0 radical (unpaired) electrons. The first-order valence-corrected chi connectivity index (χ1v) is 12.0. The maximum Gasteiger partial charge on any atom is 0.159 e. The van der Waals surface area contributed by atoms with E-state index in [9.17, 15) is 8.78 Å². The standard InChI is InChI=1S/C16H20BrF2N3OSi/c1-24(2,3)5-4-23-10-22-9-11(8-20)16(21-22)12-6-14(18)15(19)7-13(12)17/h6-9,20H,4-5,10H2,1-3H3. The lowest BCUT2D eigenvalue weighted by atomic mass is 10.1. The van der Waals surface area contributed by atoms with Gasteiger partial charge in [-0.15, -0.1) is 0 Å². The van der Waals surface area contributed by atoms with Gasteiger partial charge in [0.25, 0.3) is 0 Å². The zero-order chi connectivity index (χ0) is 17.9. The Morgan fingerprint density at radius 1 is 1.29 bits per heavy atom. The Morgan fingerprint density at radius 3 is 2.58 bits per heavy atom. The third-order valence-corrected chi connectivity index (χ3v) is 5.79. The van der Waals surface area contributed by atoms with E-state index in [1.165, 1.54) is 0 Å². The number of aromatic nitrogens is 2. The van der Waals surface area contributed by atoms with Crippen LogP contribution in [0.2, 0.25) is 25.7 Å². The van der Waals surface area contributed by atoms with Crippen LogP contribution in [0.25, 0.3) is 11.3 Å². The molecule has 0 atom stereocenters. The summed E-state index contributed by atoms with van der Waals surface area (Å²) in [6, 6.07) is 3.18. The van der Waals surface area contributed by atoms with Gasteiger partial charge in [0.15, 0.2) is 11.6 Å². The SMILES string of the molecule is C[Si](C)(C)CCOCn1cc(C=N)c(-c2cc(F)c(F)cc2Br)n1. The van der Waals surface area contributed by atoms with E-state index in [1.54, 1.807) is 10.9 Å². The number of ether oxygens (including phenoxy) is 1. The van der Waals surface area contributed by atoms with Crippen LogP contribution in [0.1, 0.15) is 5.56 Å². The normalized spacial score (nSPS) is 11.8. The molecular formula is C16H20BrF2N3OSi. The fraction of sp³-hybridized carbons (Fsp3) is 0.375. The molecule has 0 saturated carbocycles. The highest BCUT2D eigenvalue weighted by Crippen LogP contribution is 2.31. The molecule has 4 nitrogen and oxygen atoms in total. The Morgan fingerprint density at radius 2 is 1.96 bits per heavy atom. The fourth-order valence-electron chi connectivity index (χ4n) is 2.06. The summed E-state index contributed by atoms with van der Waals surface area (Å²) in [5.74, 6) is -1.89. The highest BCUT2D eigenvalue weighted by molar-refractivity contribution is 9.10. The lowest BCUT2D eigenvalue weighted by Gasteiger charge is -2.15. The predicted octanol–water partition coefficient (Wildman–Crippen LogP) is 4.90. The molecule has 0 aliphatic carbocycles. The van der Waals surface area contributed by atoms with Gasteiger partial charge in [0, 0.05) is 42.7 Å². The van der Waals surface area contributed by atoms with Crippen molar-refractivity contribution in [2.75, 3.05) is 6.61 Å². The summed E-state index contributed by atoms with van der Waals surface area (Å²) >= 11 is 3.22. The third-order valence-electron chi connectivity index (χ3n) is 3.43. The van der Waals surface area contributed by atoms with Gasteiger partial charge in [0.1, 0.15) is 12.4 Å². The first kappa shape index (κ1) is 18.9. The summed E-state index contributed by atoms with van der Waals surface area (Å²) in [6.07, 6.45) is 2.79. The van der Waals surface area contributed by atoms with Gasteiger partial charge in [-0.2, -0.15) is 5.10 Å². The van der Waals surface area contributed by atoms with Gasteiger partial charge in [-0.25, -0.2) is 13.5 Å². The van der Waals surface area contributed by atoms with Gasteiger partial charge in [-0.05, 0) is 34.1 Å². The average Bonchev–Trinajstić information content (AvgIpc) is 2.89. The molecule has 0 saturated heterocycles. The van der Waals surface area contributed by atoms with Gasteiger partial charge in [-0.1, -0.05) is 19.6 Å². The van der Waals surface area contributed by atoms with Crippen molar-refractivity contribution >= 4 is 30.2 Å². The summed E-state index contributed by atoms with van der Waals surface area (Å²) in [5.41, 5.74) is 1.31. The van der Waals surface area contributed by atoms with Crippen molar-refractivity contribution in [3.63, 3.8) is 0 Å². The Hall–Kier alpha value is -1.38. The van der Waals surface area contributed by atoms with E-state index >= 15 is 0 Å². The number of nitrogens with zero attached hydrogens (tertiary/aromatic N) is 2. The zero-order valence-electron chi connectivity index (χ0n) is 13.9. The van der Waals surface area contributed by atoms with E-state index in [0.717, 1.165) is 24.4 Å². The highest BCUT2D eigenvalue weighted by Gasteiger charge is 2.16. The minimum absolute atomic E-state index is 0.257. The second kappa shape index (κ2) is 7.67. The monoisotopic (exact) mass is 415 g/mol. The molecule has 1 N–H and O–H groups in total. The molecule has 8 heteroatoms. The molecule has 0 unspecified atom stereocenters. The van der Waals surface area contributed by atoms with Gasteiger partial charge in [0.2, 0.25) is 0 Å². The second-order valence-electron chi connectivity index (χ2n) is 6.71. The average molecular weight is 416 g/mol. The third kappa shape index (κ3) is 4.81. The molecule has 130 valence electrons. The molecule has 1 aromatic heterocycles. The molecule has 2 aromatic rings. The van der Waals surface area contributed by atoms with Crippen molar-refractivity contribution in [2.24, 2.45) is 0 Å². The molecule has 1 aromatic carbocycles. The Balaban J connectivity index is 2.19. The summed E-state index contributed by atoms with van der Waals surface area (Å²) in [7, 11) is -1.15. The van der Waals surface area contributed by atoms with Crippen LogP contribution in [-0.4, -0.2) is 30.7 Å². The summed E-state index contributed by atoms with van der Waals surface area (Å²) in [6.45, 7) is 7.73. The van der Waals surface area contributed by atoms with E-state index in [-0.39, 0.29) is 6.73 Å². The van der Waals surface area contributed by atoms with Gasteiger partial charge in [-0.3, -0.25) is 0 Å². The predicted molar refractivity (Wildman–Crippen MR) is 97.3 cm³/mol. The van der Waals surface area contributed by atoms with Crippen LogP contribution in [0.15, 0.2) is 22.8 Å². The Kier molecular flexibility index (Phi) is 6.05. The number of benzene rings is 1. The first-order chi connectivity index (χ1) is 11.2. The van der Waals surface area contributed by atoms with Crippen molar-refractivity contribution in [1.82, 2.24) is 9.78 Å². The largest absolute Gasteiger partial charge is 0.360 e. The lowest BCUT2D eigenvalue weighted by Crippen LogP contribution is -2.22. The minimum Gasteiger partial charge on any atom is -0.360 e. The fourth-order valence-corrected chi connectivity index (χ4v) is 3.32. The van der Waals surface area contributed by atoms with E-state index in [1.807, 2.05) is 0 Å². The van der Waals surface area contributed by atoms with Crippen LogP contribution in [0.4, 0.5) is 8.78 Å². The van der Waals surface area contributed by atoms with E-state index < -0.39 is 19.7 Å². The van der Waals surface area contributed by atoms with Gasteiger partial charge in [0.05, 0.1) is 0 Å². The number of hydrogen-bond donors (Lipinski definition) is 1. The molecule has 0 bridgehead atoms. The quantitative estimate of drug-likeness (QED) is 0.302. The lowest BCUT2D eigenvalue weighted by molar-refractivity contribution is 0.0787. The number of nitrogens with one attached hydrogen (secondary N) is 1. The van der Waals surface area contributed by atoms with Gasteiger partial charge >= 0.3 is 0 Å². The van der Waals surface area contributed by atoms with E-state index in [4.69, 9.17) is 10.1 Å². The topological polar surface area (TPSA) is 50.9 Å². The summed E-state index contributed by atoms with van der Waals surface area (Å²) in [4.78, 5) is 0. The number of halogens is 3. The van der Waals surface area contributed by atoms with Crippen molar-refractivity contribution in [2.45, 2.75) is 32.4 Å². The minimum atomic E-state index is -1.15. The van der Waals surface area contributed by atoms with Crippen molar-refractivity contribution in [1.29, 1.82) is 5.41 Å². The van der Waals surface area contributed by atoms with Crippen LogP contribution in [0, 0.1) is 17.0 Å². The van der Waals surface area contributed by atoms with E-state index in [0.29, 0.717) is 27.9 Å². The molecule has 24 heavy (non-hydrogen) atoms. The highest BCUT2D eigenvalue weighted by atomic mass is 79.9. The van der Waals surface area contributed by atoms with Crippen LogP contribution in [0.3, 0.4) is 0 Å². The van der Waals surface area contributed by atoms with Crippen LogP contribution < -0.4 is 0 Å². The van der Waals surface area contributed by atoms with Crippen LogP contribution in [0.5, 0.6) is 0 Å². The molecule has 0 fully saturated rings. The Bertz CT molecular complexity index is 744. The number of rotatable bonds is 7. The summed E-state index contributed by atoms with van der Waals surface area (Å²) in [5, 5.41) is 11.9. The van der Waals surface area contributed by atoms with E-state index in [2.05, 4.69) is 40.7 Å². The molecule has 1 heterocycles. The number of hydrogen-bond acceptors (Lipinski definition) is 3. The van der Waals surface area contributed by atoms with Crippen LogP contribution >= 0.6 is 15.9 Å². The molecule has 2 rings (SSSR count).